The fourth-order valence-electron chi connectivity index (χ4n) is 3.33. The van der Waals surface area contributed by atoms with Crippen molar-refractivity contribution in [3.05, 3.63) is 38.9 Å². The first-order valence-corrected chi connectivity index (χ1v) is 8.56. The summed E-state index contributed by atoms with van der Waals surface area (Å²) in [5.41, 5.74) is 0.945. The highest BCUT2D eigenvalue weighted by Gasteiger charge is 2.22. The van der Waals surface area contributed by atoms with E-state index in [0.717, 1.165) is 46.9 Å². The van der Waals surface area contributed by atoms with Gasteiger partial charge in [0.1, 0.15) is 5.82 Å². The molecular weight excluding hydrogens is 328 g/mol. The topological polar surface area (TPSA) is 34.9 Å². The van der Waals surface area contributed by atoms with Crippen LogP contribution in [0.4, 0.5) is 0 Å². The predicted molar refractivity (Wildman–Crippen MR) is 89.8 cm³/mol. The third-order valence-corrected chi connectivity index (χ3v) is 4.73. The molecule has 0 fully saturated rings. The van der Waals surface area contributed by atoms with Crippen molar-refractivity contribution < 1.29 is 0 Å². The molecule has 0 amide bonds. The zero-order valence-corrected chi connectivity index (χ0v) is 14.2. The minimum Gasteiger partial charge on any atom is -0.293 e. The van der Waals surface area contributed by atoms with Crippen molar-refractivity contribution in [3.8, 4) is 0 Å². The molecule has 1 aromatic carbocycles. The van der Waals surface area contributed by atoms with Gasteiger partial charge in [-0.2, -0.15) is 0 Å². The van der Waals surface area contributed by atoms with Crippen LogP contribution in [0.25, 0.3) is 10.9 Å². The molecule has 3 nitrogen and oxygen atoms in total. The molecule has 1 aliphatic heterocycles. The van der Waals surface area contributed by atoms with Crippen LogP contribution in [0.3, 0.4) is 0 Å². The molecular formula is C17H21BrN2O. The van der Waals surface area contributed by atoms with Gasteiger partial charge in [0.15, 0.2) is 0 Å². The predicted octanol–water partition coefficient (Wildman–Crippen LogP) is 4.47. The molecule has 0 spiro atoms. The summed E-state index contributed by atoms with van der Waals surface area (Å²) in [7, 11) is 0. The summed E-state index contributed by atoms with van der Waals surface area (Å²) in [4.78, 5) is 17.7. The molecule has 1 unspecified atom stereocenters. The van der Waals surface area contributed by atoms with E-state index in [1.165, 1.54) is 6.42 Å². The lowest BCUT2D eigenvalue weighted by atomic mass is 9.99. The van der Waals surface area contributed by atoms with Crippen LogP contribution in [0.2, 0.25) is 0 Å². The van der Waals surface area contributed by atoms with E-state index in [-0.39, 0.29) is 5.56 Å². The Morgan fingerprint density at radius 1 is 1.38 bits per heavy atom. The maximum Gasteiger partial charge on any atom is 0.261 e. The summed E-state index contributed by atoms with van der Waals surface area (Å²) in [6.07, 6.45) is 5.36. The van der Waals surface area contributed by atoms with Gasteiger partial charge in [-0.1, -0.05) is 36.2 Å². The second-order valence-electron chi connectivity index (χ2n) is 6.39. The maximum absolute atomic E-state index is 12.9. The van der Waals surface area contributed by atoms with Crippen molar-refractivity contribution in [2.24, 2.45) is 5.92 Å². The number of benzene rings is 1. The quantitative estimate of drug-likeness (QED) is 0.802. The van der Waals surface area contributed by atoms with Gasteiger partial charge in [-0.3, -0.25) is 9.36 Å². The van der Waals surface area contributed by atoms with Crippen molar-refractivity contribution in [2.75, 3.05) is 0 Å². The van der Waals surface area contributed by atoms with Crippen LogP contribution in [-0.2, 0) is 6.42 Å². The SMILES string of the molecule is CC(C)CC1CCCCc2nc3cc(Br)ccc3c(=O)n21. The van der Waals surface area contributed by atoms with Crippen LogP contribution in [-0.4, -0.2) is 9.55 Å². The average Bonchev–Trinajstić information content (AvgIpc) is 2.60. The summed E-state index contributed by atoms with van der Waals surface area (Å²) in [6, 6.07) is 6.06. The molecule has 0 saturated heterocycles. The fraction of sp³-hybridized carbons (Fsp3) is 0.529. The van der Waals surface area contributed by atoms with E-state index >= 15 is 0 Å². The number of hydrogen-bond donors (Lipinski definition) is 0. The molecule has 1 atom stereocenters. The number of hydrogen-bond acceptors (Lipinski definition) is 2. The Labute approximate surface area is 133 Å². The summed E-state index contributed by atoms with van der Waals surface area (Å²) < 4.78 is 2.96. The molecule has 112 valence electrons. The lowest BCUT2D eigenvalue weighted by molar-refractivity contribution is 0.368. The first kappa shape index (κ1) is 14.8. The highest BCUT2D eigenvalue weighted by molar-refractivity contribution is 9.10. The van der Waals surface area contributed by atoms with E-state index < -0.39 is 0 Å². The standard InChI is InChI=1S/C17H21BrN2O/c1-11(2)9-13-5-3-4-6-16-19-15-10-12(18)7-8-14(15)17(21)20(13)16/h7-8,10-11,13H,3-6,9H2,1-2H3. The van der Waals surface area contributed by atoms with Crippen LogP contribution in [0, 0.1) is 5.92 Å². The van der Waals surface area contributed by atoms with Gasteiger partial charge in [-0.25, -0.2) is 4.98 Å². The maximum atomic E-state index is 12.9. The second-order valence-corrected chi connectivity index (χ2v) is 7.31. The first-order chi connectivity index (χ1) is 10.1. The van der Waals surface area contributed by atoms with E-state index in [4.69, 9.17) is 4.98 Å². The molecule has 4 heteroatoms. The molecule has 0 aliphatic carbocycles. The van der Waals surface area contributed by atoms with Crippen molar-refractivity contribution >= 4 is 26.8 Å². The minimum absolute atomic E-state index is 0.134. The van der Waals surface area contributed by atoms with Crippen molar-refractivity contribution in [1.82, 2.24) is 9.55 Å². The monoisotopic (exact) mass is 348 g/mol. The number of halogens is 1. The Kier molecular flexibility index (Phi) is 4.16. The molecule has 2 heterocycles. The number of aromatic nitrogens is 2. The zero-order chi connectivity index (χ0) is 15.0. The summed E-state index contributed by atoms with van der Waals surface area (Å²) in [5, 5.41) is 0.734. The molecule has 0 N–H and O–H groups in total. The van der Waals surface area contributed by atoms with Gasteiger partial charge < -0.3 is 0 Å². The van der Waals surface area contributed by atoms with Gasteiger partial charge in [-0.05, 0) is 43.4 Å². The molecule has 1 aromatic heterocycles. The van der Waals surface area contributed by atoms with Gasteiger partial charge in [0.05, 0.1) is 10.9 Å². The lowest BCUT2D eigenvalue weighted by Gasteiger charge is -2.22. The highest BCUT2D eigenvalue weighted by atomic mass is 79.9. The van der Waals surface area contributed by atoms with Crippen LogP contribution in [0.1, 0.15) is 51.4 Å². The Bertz CT molecular complexity index is 721. The molecule has 1 aliphatic rings. The van der Waals surface area contributed by atoms with E-state index in [1.54, 1.807) is 0 Å². The second kappa shape index (κ2) is 5.91. The van der Waals surface area contributed by atoms with Gasteiger partial charge in [0.2, 0.25) is 0 Å². The van der Waals surface area contributed by atoms with Crippen molar-refractivity contribution in [1.29, 1.82) is 0 Å². The van der Waals surface area contributed by atoms with Gasteiger partial charge in [0.25, 0.3) is 5.56 Å². The number of rotatable bonds is 2. The Morgan fingerprint density at radius 3 is 2.95 bits per heavy atom. The molecule has 21 heavy (non-hydrogen) atoms. The first-order valence-electron chi connectivity index (χ1n) is 7.77. The van der Waals surface area contributed by atoms with E-state index in [9.17, 15) is 4.79 Å². The fourth-order valence-corrected chi connectivity index (χ4v) is 3.68. The van der Waals surface area contributed by atoms with Crippen molar-refractivity contribution in [2.45, 2.75) is 52.0 Å². The molecule has 2 aromatic rings. The largest absolute Gasteiger partial charge is 0.293 e. The summed E-state index contributed by atoms with van der Waals surface area (Å²) in [6.45, 7) is 4.45. The Balaban J connectivity index is 2.22. The normalized spacial score (nSPS) is 18.8. The number of nitrogens with zero attached hydrogens (tertiary/aromatic N) is 2. The van der Waals surface area contributed by atoms with Crippen LogP contribution < -0.4 is 5.56 Å². The van der Waals surface area contributed by atoms with Crippen LogP contribution >= 0.6 is 15.9 Å². The average molecular weight is 349 g/mol. The third kappa shape index (κ3) is 2.91. The zero-order valence-electron chi connectivity index (χ0n) is 12.6. The third-order valence-electron chi connectivity index (χ3n) is 4.23. The Morgan fingerprint density at radius 2 is 2.19 bits per heavy atom. The molecule has 3 rings (SSSR count). The van der Waals surface area contributed by atoms with Crippen LogP contribution in [0.5, 0.6) is 0 Å². The van der Waals surface area contributed by atoms with E-state index in [0.29, 0.717) is 12.0 Å². The van der Waals surface area contributed by atoms with E-state index in [1.807, 2.05) is 22.8 Å². The van der Waals surface area contributed by atoms with Gasteiger partial charge in [-0.15, -0.1) is 0 Å². The highest BCUT2D eigenvalue weighted by Crippen LogP contribution is 2.28. The lowest BCUT2D eigenvalue weighted by Crippen LogP contribution is -2.29. The number of aryl methyl sites for hydroxylation is 1. The molecule has 0 saturated carbocycles. The summed E-state index contributed by atoms with van der Waals surface area (Å²) >= 11 is 3.46. The van der Waals surface area contributed by atoms with Crippen molar-refractivity contribution in [3.63, 3.8) is 0 Å². The minimum atomic E-state index is 0.134. The Hall–Kier alpha value is -1.16. The van der Waals surface area contributed by atoms with Gasteiger partial charge >= 0.3 is 0 Å². The molecule has 0 bridgehead atoms. The van der Waals surface area contributed by atoms with E-state index in [2.05, 4.69) is 29.8 Å². The molecule has 0 radical (unpaired) electrons. The smallest absolute Gasteiger partial charge is 0.261 e. The summed E-state index contributed by atoms with van der Waals surface area (Å²) in [5.74, 6) is 1.56. The van der Waals surface area contributed by atoms with Gasteiger partial charge in [0, 0.05) is 16.9 Å². The number of fused-ring (bicyclic) bond motifs is 2. The van der Waals surface area contributed by atoms with Crippen LogP contribution in [0.15, 0.2) is 27.5 Å².